The van der Waals surface area contributed by atoms with Gasteiger partial charge in [0.1, 0.15) is 11.6 Å². The minimum atomic E-state index is -3.24. The Bertz CT molecular complexity index is 785. The van der Waals surface area contributed by atoms with Crippen LogP contribution in [0.3, 0.4) is 0 Å². The molecule has 6 nitrogen and oxygen atoms in total. The highest BCUT2D eigenvalue weighted by molar-refractivity contribution is 7.88. The Morgan fingerprint density at radius 1 is 1.25 bits per heavy atom. The van der Waals surface area contributed by atoms with Gasteiger partial charge < -0.3 is 0 Å². The Kier molecular flexibility index (Phi) is 5.71. The molecule has 2 aromatic rings. The van der Waals surface area contributed by atoms with Gasteiger partial charge in [0.15, 0.2) is 5.82 Å². The number of benzene rings is 1. The van der Waals surface area contributed by atoms with Gasteiger partial charge in [0.05, 0.1) is 11.9 Å². The molecule has 132 valence electrons. The number of aromatic nitrogens is 3. The molecule has 0 saturated carbocycles. The van der Waals surface area contributed by atoms with Crippen LogP contribution in [0, 0.1) is 11.7 Å². The van der Waals surface area contributed by atoms with Crippen molar-refractivity contribution in [1.29, 1.82) is 0 Å². The Hall–Kier alpha value is -1.80. The van der Waals surface area contributed by atoms with Crippen molar-refractivity contribution in [2.75, 3.05) is 19.8 Å². The maximum Gasteiger partial charge on any atom is 0.210 e. The molecule has 0 N–H and O–H groups in total. The maximum atomic E-state index is 13.1. The van der Waals surface area contributed by atoms with E-state index in [0.29, 0.717) is 36.2 Å². The van der Waals surface area contributed by atoms with Crippen LogP contribution < -0.4 is 0 Å². The van der Waals surface area contributed by atoms with Crippen molar-refractivity contribution in [3.8, 4) is 5.69 Å². The van der Waals surface area contributed by atoms with Crippen LogP contribution in [0.4, 0.5) is 4.39 Å². The summed E-state index contributed by atoms with van der Waals surface area (Å²) in [6, 6.07) is 6.00. The lowest BCUT2D eigenvalue weighted by Gasteiger charge is -2.13. The average Bonchev–Trinajstić information content (AvgIpc) is 2.86. The highest BCUT2D eigenvalue weighted by Gasteiger charge is 2.16. The van der Waals surface area contributed by atoms with Crippen molar-refractivity contribution in [3.05, 3.63) is 41.7 Å². The molecule has 1 aromatic heterocycles. The number of nitrogens with zero attached hydrogens (tertiary/aromatic N) is 4. The van der Waals surface area contributed by atoms with E-state index in [0.717, 1.165) is 6.42 Å². The Morgan fingerprint density at radius 3 is 2.42 bits per heavy atom. The number of hydrogen-bond donors (Lipinski definition) is 0. The molecule has 0 atom stereocenters. The van der Waals surface area contributed by atoms with Gasteiger partial charge in [-0.2, -0.15) is 5.10 Å². The molecule has 1 heterocycles. The Labute approximate surface area is 142 Å². The fourth-order valence-electron chi connectivity index (χ4n) is 2.22. The quantitative estimate of drug-likeness (QED) is 0.763. The first-order chi connectivity index (χ1) is 11.2. The Balaban J connectivity index is 2.30. The molecule has 0 amide bonds. The Morgan fingerprint density at radius 2 is 1.88 bits per heavy atom. The minimum Gasteiger partial charge on any atom is -0.218 e. The first-order valence-electron chi connectivity index (χ1n) is 7.79. The van der Waals surface area contributed by atoms with Crippen LogP contribution >= 0.6 is 0 Å². The van der Waals surface area contributed by atoms with E-state index in [2.05, 4.69) is 23.9 Å². The summed E-state index contributed by atoms with van der Waals surface area (Å²) in [6.07, 6.45) is 2.32. The smallest absolute Gasteiger partial charge is 0.210 e. The number of sulfonamides is 1. The van der Waals surface area contributed by atoms with Crippen LogP contribution in [0.2, 0.25) is 0 Å². The van der Waals surface area contributed by atoms with E-state index in [1.54, 1.807) is 16.8 Å². The second kappa shape index (κ2) is 7.40. The van der Waals surface area contributed by atoms with E-state index in [-0.39, 0.29) is 5.82 Å². The zero-order chi connectivity index (χ0) is 17.9. The predicted molar refractivity (Wildman–Crippen MR) is 91.0 cm³/mol. The van der Waals surface area contributed by atoms with Gasteiger partial charge in [-0.3, -0.25) is 0 Å². The molecule has 1 aromatic carbocycles. The van der Waals surface area contributed by atoms with E-state index < -0.39 is 10.0 Å². The summed E-state index contributed by atoms with van der Waals surface area (Å²) in [5, 5.41) is 4.51. The van der Waals surface area contributed by atoms with Crippen LogP contribution in [0.25, 0.3) is 5.69 Å². The molecule has 0 aliphatic carbocycles. The van der Waals surface area contributed by atoms with Crippen molar-refractivity contribution in [2.24, 2.45) is 5.92 Å². The SMILES string of the molecule is CC(C)Cc1nc(CCN(C)S(C)(=O)=O)n(-c2ccc(F)cc2)n1. The third-order valence-corrected chi connectivity index (χ3v) is 4.91. The molecule has 0 unspecified atom stereocenters. The third kappa shape index (κ3) is 4.85. The van der Waals surface area contributed by atoms with Gasteiger partial charge >= 0.3 is 0 Å². The molecular formula is C16H23FN4O2S. The summed E-state index contributed by atoms with van der Waals surface area (Å²) in [5.41, 5.74) is 0.705. The van der Waals surface area contributed by atoms with Gasteiger partial charge in [-0.05, 0) is 30.2 Å². The molecule has 0 aliphatic heterocycles. The minimum absolute atomic E-state index is 0.305. The fourth-order valence-corrected chi connectivity index (χ4v) is 2.64. The topological polar surface area (TPSA) is 68.1 Å². The van der Waals surface area contributed by atoms with Gasteiger partial charge in [0.25, 0.3) is 0 Å². The number of halogens is 1. The maximum absolute atomic E-state index is 13.1. The summed E-state index contributed by atoms with van der Waals surface area (Å²) >= 11 is 0. The van der Waals surface area contributed by atoms with Crippen LogP contribution in [0.15, 0.2) is 24.3 Å². The summed E-state index contributed by atoms with van der Waals surface area (Å²) in [4.78, 5) is 4.54. The summed E-state index contributed by atoms with van der Waals surface area (Å²) in [7, 11) is -1.71. The van der Waals surface area contributed by atoms with Gasteiger partial charge in [-0.25, -0.2) is 26.8 Å². The largest absolute Gasteiger partial charge is 0.218 e. The number of likely N-dealkylation sites (N-methyl/N-ethyl adjacent to an activating group) is 1. The molecule has 8 heteroatoms. The molecule has 24 heavy (non-hydrogen) atoms. The van der Waals surface area contributed by atoms with E-state index in [1.165, 1.54) is 29.7 Å². The first-order valence-corrected chi connectivity index (χ1v) is 9.63. The number of hydrogen-bond acceptors (Lipinski definition) is 4. The normalized spacial score (nSPS) is 12.3. The second-order valence-electron chi connectivity index (χ2n) is 6.26. The zero-order valence-electron chi connectivity index (χ0n) is 14.4. The van der Waals surface area contributed by atoms with Crippen LogP contribution in [0.5, 0.6) is 0 Å². The van der Waals surface area contributed by atoms with Gasteiger partial charge in [0.2, 0.25) is 10.0 Å². The van der Waals surface area contributed by atoms with Crippen molar-refractivity contribution < 1.29 is 12.8 Å². The molecule has 0 bridgehead atoms. The molecule has 0 fully saturated rings. The lowest BCUT2D eigenvalue weighted by Crippen LogP contribution is -2.28. The summed E-state index contributed by atoms with van der Waals surface area (Å²) < 4.78 is 39.2. The zero-order valence-corrected chi connectivity index (χ0v) is 15.2. The molecule has 0 aliphatic rings. The predicted octanol–water partition coefficient (Wildman–Crippen LogP) is 2.04. The van der Waals surface area contributed by atoms with Crippen molar-refractivity contribution in [2.45, 2.75) is 26.7 Å². The molecule has 0 radical (unpaired) electrons. The van der Waals surface area contributed by atoms with Crippen molar-refractivity contribution in [1.82, 2.24) is 19.1 Å². The van der Waals surface area contributed by atoms with Crippen LogP contribution in [0.1, 0.15) is 25.5 Å². The molecule has 0 saturated heterocycles. The average molecular weight is 354 g/mol. The van der Waals surface area contributed by atoms with E-state index in [1.807, 2.05) is 0 Å². The monoisotopic (exact) mass is 354 g/mol. The fraction of sp³-hybridized carbons (Fsp3) is 0.500. The number of rotatable bonds is 7. The summed E-state index contributed by atoms with van der Waals surface area (Å²) in [6.45, 7) is 4.46. The lowest BCUT2D eigenvalue weighted by molar-refractivity contribution is 0.472. The van der Waals surface area contributed by atoms with E-state index in [9.17, 15) is 12.8 Å². The highest BCUT2D eigenvalue weighted by atomic mass is 32.2. The van der Waals surface area contributed by atoms with Gasteiger partial charge in [0, 0.05) is 26.4 Å². The standard InChI is InChI=1S/C16H23FN4O2S/c1-12(2)11-15-18-16(9-10-20(3)24(4,22)23)21(19-15)14-7-5-13(17)6-8-14/h5-8,12H,9-11H2,1-4H3. The second-order valence-corrected chi connectivity index (χ2v) is 8.35. The van der Waals surface area contributed by atoms with Gasteiger partial charge in [-0.1, -0.05) is 13.8 Å². The van der Waals surface area contributed by atoms with Crippen LogP contribution in [-0.4, -0.2) is 47.3 Å². The highest BCUT2D eigenvalue weighted by Crippen LogP contribution is 2.14. The van der Waals surface area contributed by atoms with Gasteiger partial charge in [-0.15, -0.1) is 0 Å². The third-order valence-electron chi connectivity index (χ3n) is 3.60. The molecular weight excluding hydrogens is 331 g/mol. The molecule has 0 spiro atoms. The van der Waals surface area contributed by atoms with E-state index in [4.69, 9.17) is 0 Å². The molecule has 2 rings (SSSR count). The van der Waals surface area contributed by atoms with Crippen molar-refractivity contribution >= 4 is 10.0 Å². The first kappa shape index (κ1) is 18.5. The summed E-state index contributed by atoms with van der Waals surface area (Å²) in [5.74, 6) is 1.44. The lowest BCUT2D eigenvalue weighted by atomic mass is 10.1. The van der Waals surface area contributed by atoms with Crippen molar-refractivity contribution in [3.63, 3.8) is 0 Å². The van der Waals surface area contributed by atoms with E-state index >= 15 is 0 Å². The van der Waals surface area contributed by atoms with Crippen LogP contribution in [-0.2, 0) is 22.9 Å².